The molecule has 0 bridgehead atoms. The lowest BCUT2D eigenvalue weighted by molar-refractivity contribution is 0.612. The van der Waals surface area contributed by atoms with Crippen LogP contribution < -0.4 is 4.90 Å². The molecule has 0 unspecified atom stereocenters. The molecule has 1 saturated heterocycles. The lowest BCUT2D eigenvalue weighted by Crippen LogP contribution is -2.22. The van der Waals surface area contributed by atoms with E-state index in [4.69, 9.17) is 11.6 Å². The minimum atomic E-state index is -2.57. The molecule has 0 N–H and O–H groups in total. The van der Waals surface area contributed by atoms with E-state index in [1.807, 2.05) is 30.3 Å². The molecule has 0 spiro atoms. The highest BCUT2D eigenvalue weighted by molar-refractivity contribution is 7.71. The van der Waals surface area contributed by atoms with Crippen LogP contribution in [0.4, 0.5) is 5.82 Å². The predicted molar refractivity (Wildman–Crippen MR) is 91.8 cm³/mol. The van der Waals surface area contributed by atoms with Gasteiger partial charge in [0.2, 0.25) is 0 Å². The largest absolute Gasteiger partial charge is 0.356 e. The summed E-state index contributed by atoms with van der Waals surface area (Å²) in [6.45, 7) is 1.83. The van der Waals surface area contributed by atoms with Crippen molar-refractivity contribution < 1.29 is 8.42 Å². The molecular formula is C16H18ClN3O2S. The van der Waals surface area contributed by atoms with E-state index in [2.05, 4.69) is 14.9 Å². The van der Waals surface area contributed by atoms with Crippen LogP contribution in [0.1, 0.15) is 29.8 Å². The highest BCUT2D eigenvalue weighted by Crippen LogP contribution is 2.29. The molecule has 2 aromatic rings. The molecule has 1 aliphatic heterocycles. The van der Waals surface area contributed by atoms with Crippen LogP contribution in [0.3, 0.4) is 0 Å². The number of nitrogens with zero attached hydrogens (tertiary/aromatic N) is 3. The van der Waals surface area contributed by atoms with Gasteiger partial charge >= 0.3 is 0 Å². The first kappa shape index (κ1) is 16.2. The Morgan fingerprint density at radius 1 is 1.09 bits per heavy atom. The van der Waals surface area contributed by atoms with Gasteiger partial charge in [0.15, 0.2) is 0 Å². The summed E-state index contributed by atoms with van der Waals surface area (Å²) >= 11 is 6.37. The number of halogens is 1. The molecule has 1 aliphatic rings. The summed E-state index contributed by atoms with van der Waals surface area (Å²) < 4.78 is 22.0. The van der Waals surface area contributed by atoms with Crippen LogP contribution in [-0.2, 0) is 22.9 Å². The average molecular weight is 352 g/mol. The number of benzene rings is 1. The second-order valence-corrected chi connectivity index (χ2v) is 6.92. The average Bonchev–Trinajstić information content (AvgIpc) is 3.04. The Hall–Kier alpha value is -1.66. The van der Waals surface area contributed by atoms with Gasteiger partial charge < -0.3 is 4.90 Å². The van der Waals surface area contributed by atoms with E-state index in [0.717, 1.165) is 42.9 Å². The van der Waals surface area contributed by atoms with Gasteiger partial charge in [-0.1, -0.05) is 41.9 Å². The fourth-order valence-corrected chi connectivity index (χ4v) is 3.44. The Labute approximate surface area is 142 Å². The van der Waals surface area contributed by atoms with E-state index in [9.17, 15) is 8.42 Å². The topological polar surface area (TPSA) is 63.2 Å². The first-order valence-electron chi connectivity index (χ1n) is 7.59. The number of thiol groups is 1. The minimum Gasteiger partial charge on any atom is -0.356 e. The van der Waals surface area contributed by atoms with Gasteiger partial charge in [-0.3, -0.25) is 0 Å². The van der Waals surface area contributed by atoms with Gasteiger partial charge in [-0.15, -0.1) is 0 Å². The first-order valence-corrected chi connectivity index (χ1v) is 9.33. The Balaban J connectivity index is 2.01. The summed E-state index contributed by atoms with van der Waals surface area (Å²) in [5, 5.41) is 0.345. The molecule has 1 aromatic carbocycles. The van der Waals surface area contributed by atoms with Gasteiger partial charge in [-0.25, -0.2) is 18.4 Å². The molecule has 3 rings (SSSR count). The van der Waals surface area contributed by atoms with Crippen LogP contribution >= 0.6 is 11.6 Å². The summed E-state index contributed by atoms with van der Waals surface area (Å²) in [6, 6.07) is 10.0. The number of hydrogen-bond donors (Lipinski definition) is 1. The summed E-state index contributed by atoms with van der Waals surface area (Å²) in [5.41, 5.74) is 1.99. The summed E-state index contributed by atoms with van der Waals surface area (Å²) in [7, 11) is -2.57. The maximum atomic E-state index is 11.0. The second kappa shape index (κ2) is 7.27. The van der Waals surface area contributed by atoms with Crippen LogP contribution in [0.15, 0.2) is 30.3 Å². The van der Waals surface area contributed by atoms with Crippen molar-refractivity contribution >= 4 is 28.1 Å². The van der Waals surface area contributed by atoms with Crippen molar-refractivity contribution in [2.75, 3.05) is 18.0 Å². The van der Waals surface area contributed by atoms with Crippen LogP contribution in [0.25, 0.3) is 0 Å². The van der Waals surface area contributed by atoms with Crippen molar-refractivity contribution in [3.8, 4) is 0 Å². The summed E-state index contributed by atoms with van der Waals surface area (Å²) in [5.74, 6) is 0.865. The Kier molecular flexibility index (Phi) is 5.13. The van der Waals surface area contributed by atoms with Crippen molar-refractivity contribution in [3.63, 3.8) is 0 Å². The van der Waals surface area contributed by atoms with Crippen molar-refractivity contribution in [2.24, 2.45) is 0 Å². The quantitative estimate of drug-likeness (QED) is 0.662. The minimum absolute atomic E-state index is 0.179. The zero-order chi connectivity index (χ0) is 16.2. The van der Waals surface area contributed by atoms with Crippen molar-refractivity contribution in [1.29, 1.82) is 0 Å². The van der Waals surface area contributed by atoms with Crippen LogP contribution in [0.2, 0.25) is 5.15 Å². The van der Waals surface area contributed by atoms with Crippen LogP contribution in [0.5, 0.6) is 0 Å². The molecule has 1 aromatic heterocycles. The van der Waals surface area contributed by atoms with E-state index < -0.39 is 10.7 Å². The monoisotopic (exact) mass is 351 g/mol. The van der Waals surface area contributed by atoms with Crippen molar-refractivity contribution in [3.05, 3.63) is 52.4 Å². The molecule has 0 aliphatic carbocycles. The standard InChI is InChI=1S/C16H18ClN3O2S/c17-15-13(10-12-6-2-1-3-7-12)16(20-8-4-5-9-20)19-14(18-15)11-23(21)22/h1-3,6-7,23H,4-5,8-11H2. The molecule has 5 nitrogen and oxygen atoms in total. The maximum Gasteiger partial charge on any atom is 0.147 e. The van der Waals surface area contributed by atoms with Gasteiger partial charge in [0.25, 0.3) is 0 Å². The summed E-state index contributed by atoms with van der Waals surface area (Å²) in [6.07, 6.45) is 2.85. The Bertz CT molecular complexity index is 751. The predicted octanol–water partition coefficient (Wildman–Crippen LogP) is 2.43. The SMILES string of the molecule is O=[SH](=O)Cc1nc(Cl)c(Cc2ccccc2)c(N2CCCC2)n1. The number of aromatic nitrogens is 2. The Morgan fingerprint density at radius 3 is 2.43 bits per heavy atom. The van der Waals surface area contributed by atoms with Gasteiger partial charge in [0.05, 0.1) is 0 Å². The van der Waals surface area contributed by atoms with E-state index in [1.54, 1.807) is 0 Å². The number of hydrogen-bond acceptors (Lipinski definition) is 5. The molecule has 0 saturated carbocycles. The highest BCUT2D eigenvalue weighted by Gasteiger charge is 2.21. The lowest BCUT2D eigenvalue weighted by atomic mass is 10.1. The molecule has 7 heteroatoms. The molecule has 0 amide bonds. The third kappa shape index (κ3) is 4.00. The fourth-order valence-electron chi connectivity index (χ4n) is 2.82. The van der Waals surface area contributed by atoms with Crippen LogP contribution in [0, 0.1) is 0 Å². The van der Waals surface area contributed by atoms with Gasteiger partial charge in [-0.05, 0) is 18.4 Å². The number of rotatable bonds is 5. The Morgan fingerprint density at radius 2 is 1.78 bits per heavy atom. The van der Waals surface area contributed by atoms with Crippen molar-refractivity contribution in [2.45, 2.75) is 25.0 Å². The molecular weight excluding hydrogens is 334 g/mol. The van der Waals surface area contributed by atoms with Crippen molar-refractivity contribution in [1.82, 2.24) is 9.97 Å². The smallest absolute Gasteiger partial charge is 0.147 e. The zero-order valence-electron chi connectivity index (χ0n) is 12.6. The molecule has 2 heterocycles. The normalized spacial score (nSPS) is 14.6. The highest BCUT2D eigenvalue weighted by atomic mass is 35.5. The number of anilines is 1. The molecule has 1 fully saturated rings. The first-order chi connectivity index (χ1) is 11.1. The van der Waals surface area contributed by atoms with Crippen LogP contribution in [-0.4, -0.2) is 31.5 Å². The summed E-state index contributed by atoms with van der Waals surface area (Å²) in [4.78, 5) is 10.9. The van der Waals surface area contributed by atoms with E-state index in [1.165, 1.54) is 0 Å². The molecule has 122 valence electrons. The van der Waals surface area contributed by atoms with Gasteiger partial charge in [0.1, 0.15) is 33.3 Å². The van der Waals surface area contributed by atoms with E-state index >= 15 is 0 Å². The zero-order valence-corrected chi connectivity index (χ0v) is 14.3. The third-order valence-corrected chi connectivity index (χ3v) is 4.73. The molecule has 0 atom stereocenters. The second-order valence-electron chi connectivity index (χ2n) is 5.58. The fraction of sp³-hybridized carbons (Fsp3) is 0.375. The van der Waals surface area contributed by atoms with E-state index in [-0.39, 0.29) is 11.6 Å². The molecule has 0 radical (unpaired) electrons. The van der Waals surface area contributed by atoms with E-state index in [0.29, 0.717) is 11.6 Å². The lowest BCUT2D eigenvalue weighted by Gasteiger charge is -2.21. The van der Waals surface area contributed by atoms with Gasteiger partial charge in [-0.2, -0.15) is 0 Å². The third-order valence-electron chi connectivity index (χ3n) is 3.88. The maximum absolute atomic E-state index is 11.0. The molecule has 23 heavy (non-hydrogen) atoms. The van der Waals surface area contributed by atoms with Gasteiger partial charge in [0, 0.05) is 25.1 Å².